The number of carbonyl (C=O) groups excluding carboxylic acids is 1. The van der Waals surface area contributed by atoms with Gasteiger partial charge in [-0.25, -0.2) is 4.98 Å². The highest BCUT2D eigenvalue weighted by Gasteiger charge is 2.30. The van der Waals surface area contributed by atoms with E-state index in [4.69, 9.17) is 9.47 Å². The van der Waals surface area contributed by atoms with E-state index in [0.717, 1.165) is 23.5 Å². The molecule has 0 saturated heterocycles. The molecule has 1 unspecified atom stereocenters. The van der Waals surface area contributed by atoms with Crippen LogP contribution in [0.1, 0.15) is 28.5 Å². The van der Waals surface area contributed by atoms with Crippen LogP contribution in [0.5, 0.6) is 11.5 Å². The fraction of sp³-hybridized carbons (Fsp3) is 0.312. The Kier molecular flexibility index (Phi) is 2.96. The van der Waals surface area contributed by atoms with Gasteiger partial charge in [0.2, 0.25) is 6.79 Å². The van der Waals surface area contributed by atoms with Gasteiger partial charge in [-0.1, -0.05) is 0 Å². The molecule has 1 aromatic carbocycles. The predicted octanol–water partition coefficient (Wildman–Crippen LogP) is 1.79. The fourth-order valence-electron chi connectivity index (χ4n) is 2.96. The molecule has 3 heterocycles. The lowest BCUT2D eigenvalue weighted by molar-refractivity contribution is 0.0651. The molecule has 2 aliphatic rings. The van der Waals surface area contributed by atoms with Crippen molar-refractivity contribution >= 4 is 5.91 Å². The van der Waals surface area contributed by atoms with E-state index in [1.807, 2.05) is 24.0 Å². The largest absolute Gasteiger partial charge is 0.454 e. The number of fused-ring (bicyclic) bond motifs is 2. The highest BCUT2D eigenvalue weighted by atomic mass is 16.7. The van der Waals surface area contributed by atoms with Gasteiger partial charge in [0.15, 0.2) is 11.5 Å². The zero-order valence-electron chi connectivity index (χ0n) is 12.2. The molecule has 22 heavy (non-hydrogen) atoms. The monoisotopic (exact) mass is 297 g/mol. The van der Waals surface area contributed by atoms with Gasteiger partial charge in [-0.15, -0.1) is 0 Å². The van der Waals surface area contributed by atoms with Gasteiger partial charge in [0.25, 0.3) is 5.91 Å². The second-order valence-electron chi connectivity index (χ2n) is 5.55. The van der Waals surface area contributed by atoms with E-state index in [1.165, 1.54) is 18.0 Å². The third-order valence-corrected chi connectivity index (χ3v) is 4.13. The van der Waals surface area contributed by atoms with Gasteiger partial charge in [0.05, 0.1) is 6.20 Å². The Hall–Kier alpha value is -2.63. The molecule has 1 atom stereocenters. The molecule has 0 fully saturated rings. The Morgan fingerprint density at radius 1 is 1.23 bits per heavy atom. The van der Waals surface area contributed by atoms with Crippen molar-refractivity contribution in [1.82, 2.24) is 14.9 Å². The average molecular weight is 297 g/mol. The third-order valence-electron chi connectivity index (χ3n) is 4.13. The first kappa shape index (κ1) is 13.1. The van der Waals surface area contributed by atoms with Crippen LogP contribution >= 0.6 is 0 Å². The lowest BCUT2D eigenvalue weighted by Crippen LogP contribution is -2.42. The molecule has 0 aliphatic carbocycles. The summed E-state index contributed by atoms with van der Waals surface area (Å²) in [5, 5.41) is 0. The second kappa shape index (κ2) is 4.98. The summed E-state index contributed by atoms with van der Waals surface area (Å²) in [5.41, 5.74) is 2.68. The van der Waals surface area contributed by atoms with E-state index in [2.05, 4.69) is 9.97 Å². The smallest absolute Gasteiger partial charge is 0.274 e. The molecule has 1 aromatic heterocycles. The van der Waals surface area contributed by atoms with Crippen molar-refractivity contribution in [1.29, 1.82) is 0 Å². The minimum atomic E-state index is -0.0936. The van der Waals surface area contributed by atoms with Crippen LogP contribution in [0.4, 0.5) is 0 Å². The Labute approximate surface area is 127 Å². The van der Waals surface area contributed by atoms with Crippen molar-refractivity contribution in [3.8, 4) is 11.5 Å². The van der Waals surface area contributed by atoms with Crippen molar-refractivity contribution in [2.75, 3.05) is 6.79 Å². The number of aromatic nitrogens is 2. The zero-order valence-corrected chi connectivity index (χ0v) is 12.2. The van der Waals surface area contributed by atoms with E-state index in [-0.39, 0.29) is 18.7 Å². The third kappa shape index (κ3) is 2.07. The summed E-state index contributed by atoms with van der Waals surface area (Å²) in [6.45, 7) is 2.85. The van der Waals surface area contributed by atoms with Crippen LogP contribution in [0.3, 0.4) is 0 Å². The minimum absolute atomic E-state index is 0.0936. The van der Waals surface area contributed by atoms with Crippen molar-refractivity contribution in [2.45, 2.75) is 25.9 Å². The number of hydrogen-bond donors (Lipinski definition) is 0. The highest BCUT2D eigenvalue weighted by molar-refractivity contribution is 5.92. The molecule has 4 rings (SSSR count). The van der Waals surface area contributed by atoms with Gasteiger partial charge in [-0.3, -0.25) is 9.78 Å². The van der Waals surface area contributed by atoms with Crippen LogP contribution in [0.25, 0.3) is 0 Å². The highest BCUT2D eigenvalue weighted by Crippen LogP contribution is 2.37. The Balaban J connectivity index is 1.66. The lowest BCUT2D eigenvalue weighted by Gasteiger charge is -2.34. The average Bonchev–Trinajstić information content (AvgIpc) is 2.99. The maximum absolute atomic E-state index is 12.6. The van der Waals surface area contributed by atoms with Gasteiger partial charge >= 0.3 is 0 Å². The first-order chi connectivity index (χ1) is 10.7. The number of rotatable bonds is 1. The molecular formula is C16H15N3O3. The molecule has 0 radical (unpaired) electrons. The van der Waals surface area contributed by atoms with Gasteiger partial charge in [0.1, 0.15) is 5.69 Å². The van der Waals surface area contributed by atoms with Crippen LogP contribution in [-0.4, -0.2) is 33.6 Å². The lowest BCUT2D eigenvalue weighted by atomic mass is 9.94. The molecule has 6 heteroatoms. The molecule has 112 valence electrons. The Bertz CT molecular complexity index is 733. The van der Waals surface area contributed by atoms with Gasteiger partial charge < -0.3 is 14.4 Å². The van der Waals surface area contributed by atoms with Crippen LogP contribution in [0.2, 0.25) is 0 Å². The van der Waals surface area contributed by atoms with Gasteiger partial charge in [-0.05, 0) is 36.6 Å². The second-order valence-corrected chi connectivity index (χ2v) is 5.55. The maximum atomic E-state index is 12.6. The van der Waals surface area contributed by atoms with E-state index in [9.17, 15) is 4.79 Å². The molecule has 2 aromatic rings. The Morgan fingerprint density at radius 2 is 2.00 bits per heavy atom. The molecule has 0 spiro atoms. The molecule has 0 N–H and O–H groups in total. The topological polar surface area (TPSA) is 64.6 Å². The van der Waals surface area contributed by atoms with Crippen molar-refractivity contribution in [3.05, 3.63) is 47.5 Å². The summed E-state index contributed by atoms with van der Waals surface area (Å²) < 4.78 is 10.8. The molecule has 0 bridgehead atoms. The van der Waals surface area contributed by atoms with E-state index >= 15 is 0 Å². The normalized spacial score (nSPS) is 19.0. The summed E-state index contributed by atoms with van der Waals surface area (Å²) in [7, 11) is 0. The van der Waals surface area contributed by atoms with Crippen LogP contribution < -0.4 is 9.47 Å². The van der Waals surface area contributed by atoms with Gasteiger partial charge in [0, 0.05) is 25.0 Å². The quantitative estimate of drug-likeness (QED) is 0.803. The molecule has 1 amide bonds. The minimum Gasteiger partial charge on any atom is -0.454 e. The molecule has 0 saturated carbocycles. The van der Waals surface area contributed by atoms with Crippen molar-refractivity contribution in [2.24, 2.45) is 0 Å². The summed E-state index contributed by atoms with van der Waals surface area (Å²) in [5.74, 6) is 1.45. The Morgan fingerprint density at radius 3 is 2.73 bits per heavy atom. The van der Waals surface area contributed by atoms with E-state index in [1.54, 1.807) is 6.20 Å². The zero-order chi connectivity index (χ0) is 15.1. The first-order valence-corrected chi connectivity index (χ1v) is 7.21. The van der Waals surface area contributed by atoms with E-state index < -0.39 is 0 Å². The molecule has 6 nitrogen and oxygen atoms in total. The number of carbonyl (C=O) groups is 1. The summed E-state index contributed by atoms with van der Waals surface area (Å²) in [4.78, 5) is 22.5. The fourth-order valence-corrected chi connectivity index (χ4v) is 2.96. The summed E-state index contributed by atoms with van der Waals surface area (Å²) >= 11 is 0. The number of nitrogens with zero attached hydrogens (tertiary/aromatic N) is 3. The van der Waals surface area contributed by atoms with E-state index in [0.29, 0.717) is 12.2 Å². The number of hydrogen-bond acceptors (Lipinski definition) is 5. The van der Waals surface area contributed by atoms with Crippen LogP contribution in [0, 0.1) is 0 Å². The van der Waals surface area contributed by atoms with Crippen molar-refractivity contribution < 1.29 is 14.3 Å². The van der Waals surface area contributed by atoms with Crippen LogP contribution in [-0.2, 0) is 13.0 Å². The van der Waals surface area contributed by atoms with Gasteiger partial charge in [-0.2, -0.15) is 0 Å². The van der Waals surface area contributed by atoms with Crippen molar-refractivity contribution in [3.63, 3.8) is 0 Å². The number of benzene rings is 1. The SMILES string of the molecule is CC1Cc2cc3c(cc2CN1C(=O)c1cnccn1)OCO3. The number of ether oxygens (including phenoxy) is 2. The van der Waals surface area contributed by atoms with Crippen LogP contribution in [0.15, 0.2) is 30.7 Å². The molecule has 2 aliphatic heterocycles. The predicted molar refractivity (Wildman–Crippen MR) is 77.6 cm³/mol. The first-order valence-electron chi connectivity index (χ1n) is 7.21. The molecular weight excluding hydrogens is 282 g/mol. The summed E-state index contributed by atoms with van der Waals surface area (Å²) in [6.07, 6.45) is 5.39. The standard InChI is InChI=1S/C16H15N3O3/c1-10-4-11-5-14-15(22-9-21-14)6-12(11)8-19(10)16(20)13-7-17-2-3-18-13/h2-3,5-7,10H,4,8-9H2,1H3. The maximum Gasteiger partial charge on any atom is 0.274 e. The summed E-state index contributed by atoms with van der Waals surface area (Å²) in [6, 6.07) is 4.10. The number of amides is 1.